The summed E-state index contributed by atoms with van der Waals surface area (Å²) in [6.45, 7) is 5.99. The first kappa shape index (κ1) is 13.7. The molecule has 0 aromatic carbocycles. The summed E-state index contributed by atoms with van der Waals surface area (Å²) < 4.78 is 21.4. The number of esters is 1. The Balaban J connectivity index is 3.83. The highest BCUT2D eigenvalue weighted by molar-refractivity contribution is 7.58. The predicted octanol–water partition coefficient (Wildman–Crippen LogP) is 2.13. The number of carbonyl (C=O) groups is 1. The topological polar surface area (TPSA) is 52.6 Å². The highest BCUT2D eigenvalue weighted by Gasteiger charge is 2.18. The summed E-state index contributed by atoms with van der Waals surface area (Å²) in [5.74, 6) is 0.00150. The van der Waals surface area contributed by atoms with Crippen LogP contribution in [-0.4, -0.2) is 32.5 Å². The van der Waals surface area contributed by atoms with Crippen LogP contribution in [-0.2, 0) is 18.6 Å². The standard InChI is InChI=1S/C9H19O4P/c1-8(2)7-13-14(4,11)6-5-9(10)12-3/h8H,5-7H2,1-4H3/t14-/m0/s1. The number of rotatable bonds is 6. The van der Waals surface area contributed by atoms with E-state index >= 15 is 0 Å². The van der Waals surface area contributed by atoms with Gasteiger partial charge in [0.05, 0.1) is 20.1 Å². The summed E-state index contributed by atoms with van der Waals surface area (Å²) in [4.78, 5) is 10.8. The highest BCUT2D eigenvalue weighted by Crippen LogP contribution is 2.43. The Kier molecular flexibility index (Phi) is 6.05. The fourth-order valence-corrected chi connectivity index (χ4v) is 2.10. The lowest BCUT2D eigenvalue weighted by Crippen LogP contribution is -2.06. The van der Waals surface area contributed by atoms with Crippen molar-refractivity contribution in [2.24, 2.45) is 5.92 Å². The summed E-state index contributed by atoms with van der Waals surface area (Å²) in [6, 6.07) is 0. The molecule has 0 saturated heterocycles. The normalized spacial score (nSPS) is 15.2. The summed E-state index contributed by atoms with van der Waals surface area (Å²) in [5, 5.41) is 0. The van der Waals surface area contributed by atoms with Gasteiger partial charge in [-0.25, -0.2) is 0 Å². The highest BCUT2D eigenvalue weighted by atomic mass is 31.2. The zero-order valence-electron chi connectivity index (χ0n) is 9.28. The second-order valence-corrected chi connectivity index (χ2v) is 6.49. The minimum Gasteiger partial charge on any atom is -0.469 e. The zero-order chi connectivity index (χ0) is 11.2. The molecule has 14 heavy (non-hydrogen) atoms. The first-order valence-electron chi connectivity index (χ1n) is 4.65. The molecule has 0 N–H and O–H groups in total. The van der Waals surface area contributed by atoms with Crippen molar-refractivity contribution < 1.29 is 18.6 Å². The molecule has 0 radical (unpaired) electrons. The molecule has 0 amide bonds. The van der Waals surface area contributed by atoms with Gasteiger partial charge in [-0.15, -0.1) is 0 Å². The Bertz CT molecular complexity index is 225. The van der Waals surface area contributed by atoms with Crippen molar-refractivity contribution in [3.63, 3.8) is 0 Å². The van der Waals surface area contributed by atoms with E-state index in [0.29, 0.717) is 12.5 Å². The van der Waals surface area contributed by atoms with Gasteiger partial charge < -0.3 is 9.26 Å². The Morgan fingerprint density at radius 3 is 2.43 bits per heavy atom. The van der Waals surface area contributed by atoms with Crippen LogP contribution in [0.25, 0.3) is 0 Å². The summed E-state index contributed by atoms with van der Waals surface area (Å²) in [5.41, 5.74) is 0. The van der Waals surface area contributed by atoms with E-state index in [4.69, 9.17) is 4.52 Å². The molecule has 0 aromatic heterocycles. The van der Waals surface area contributed by atoms with Crippen LogP contribution in [0.4, 0.5) is 0 Å². The van der Waals surface area contributed by atoms with E-state index < -0.39 is 7.37 Å². The lowest BCUT2D eigenvalue weighted by Gasteiger charge is -2.14. The van der Waals surface area contributed by atoms with E-state index in [1.54, 1.807) is 6.66 Å². The van der Waals surface area contributed by atoms with Gasteiger partial charge in [0, 0.05) is 12.8 Å². The van der Waals surface area contributed by atoms with Crippen LogP contribution in [0.15, 0.2) is 0 Å². The van der Waals surface area contributed by atoms with Gasteiger partial charge in [-0.2, -0.15) is 0 Å². The van der Waals surface area contributed by atoms with E-state index in [2.05, 4.69) is 4.74 Å². The molecular formula is C9H19O4P. The molecule has 1 atom stereocenters. The minimum atomic E-state index is -2.61. The summed E-state index contributed by atoms with van der Waals surface area (Å²) in [7, 11) is -1.30. The lowest BCUT2D eigenvalue weighted by atomic mass is 10.2. The number of hydrogen-bond acceptors (Lipinski definition) is 4. The Morgan fingerprint density at radius 1 is 1.43 bits per heavy atom. The van der Waals surface area contributed by atoms with Crippen molar-refractivity contribution >= 4 is 13.3 Å². The molecule has 4 nitrogen and oxygen atoms in total. The molecule has 0 rings (SSSR count). The van der Waals surface area contributed by atoms with E-state index in [0.717, 1.165) is 0 Å². The first-order valence-corrected chi connectivity index (χ1v) is 6.91. The molecule has 0 bridgehead atoms. The van der Waals surface area contributed by atoms with Gasteiger partial charge in [0.1, 0.15) is 0 Å². The van der Waals surface area contributed by atoms with Crippen LogP contribution in [0, 0.1) is 5.92 Å². The predicted molar refractivity (Wildman–Crippen MR) is 55.8 cm³/mol. The molecule has 0 fully saturated rings. The molecule has 0 aliphatic carbocycles. The van der Waals surface area contributed by atoms with Crippen molar-refractivity contribution in [3.8, 4) is 0 Å². The average molecular weight is 222 g/mol. The fraction of sp³-hybridized carbons (Fsp3) is 0.889. The zero-order valence-corrected chi connectivity index (χ0v) is 10.2. The molecule has 0 spiro atoms. The minimum absolute atomic E-state index is 0.155. The molecule has 5 heteroatoms. The maximum Gasteiger partial charge on any atom is 0.306 e. The number of methoxy groups -OCH3 is 1. The van der Waals surface area contributed by atoms with Crippen LogP contribution in [0.2, 0.25) is 0 Å². The Morgan fingerprint density at radius 2 is 2.00 bits per heavy atom. The molecular weight excluding hydrogens is 203 g/mol. The van der Waals surface area contributed by atoms with Crippen molar-refractivity contribution in [1.82, 2.24) is 0 Å². The van der Waals surface area contributed by atoms with Crippen molar-refractivity contribution in [3.05, 3.63) is 0 Å². The van der Waals surface area contributed by atoms with Crippen molar-refractivity contribution in [2.45, 2.75) is 20.3 Å². The van der Waals surface area contributed by atoms with Crippen LogP contribution in [0.1, 0.15) is 20.3 Å². The van der Waals surface area contributed by atoms with Crippen molar-refractivity contribution in [2.75, 3.05) is 26.5 Å². The first-order chi connectivity index (χ1) is 6.37. The third-order valence-corrected chi connectivity index (χ3v) is 3.36. The molecule has 0 heterocycles. The molecule has 0 aliphatic rings. The maximum atomic E-state index is 11.7. The van der Waals surface area contributed by atoms with Gasteiger partial charge in [-0.05, 0) is 5.92 Å². The van der Waals surface area contributed by atoms with Gasteiger partial charge in [-0.1, -0.05) is 13.8 Å². The number of ether oxygens (including phenoxy) is 1. The van der Waals surface area contributed by atoms with Gasteiger partial charge in [-0.3, -0.25) is 9.36 Å². The summed E-state index contributed by atoms with van der Waals surface area (Å²) >= 11 is 0. The van der Waals surface area contributed by atoms with E-state index in [-0.39, 0.29) is 18.6 Å². The third-order valence-electron chi connectivity index (χ3n) is 1.63. The van der Waals surface area contributed by atoms with E-state index in [1.807, 2.05) is 13.8 Å². The largest absolute Gasteiger partial charge is 0.469 e. The van der Waals surface area contributed by atoms with E-state index in [1.165, 1.54) is 7.11 Å². The molecule has 0 aromatic rings. The van der Waals surface area contributed by atoms with Gasteiger partial charge in [0.2, 0.25) is 7.37 Å². The molecule has 0 unspecified atom stereocenters. The Labute approximate surface area is 85.4 Å². The Hall–Kier alpha value is -0.340. The van der Waals surface area contributed by atoms with Gasteiger partial charge in [0.25, 0.3) is 0 Å². The molecule has 0 saturated carbocycles. The lowest BCUT2D eigenvalue weighted by molar-refractivity contribution is -0.140. The van der Waals surface area contributed by atoms with Crippen LogP contribution in [0.5, 0.6) is 0 Å². The van der Waals surface area contributed by atoms with Crippen LogP contribution in [0.3, 0.4) is 0 Å². The van der Waals surface area contributed by atoms with Gasteiger partial charge in [0.15, 0.2) is 0 Å². The smallest absolute Gasteiger partial charge is 0.306 e. The number of hydrogen-bond donors (Lipinski definition) is 0. The molecule has 0 aliphatic heterocycles. The van der Waals surface area contributed by atoms with Crippen LogP contribution >= 0.6 is 7.37 Å². The van der Waals surface area contributed by atoms with Gasteiger partial charge >= 0.3 is 5.97 Å². The third kappa shape index (κ3) is 7.10. The fourth-order valence-electron chi connectivity index (χ4n) is 0.768. The van der Waals surface area contributed by atoms with Crippen LogP contribution < -0.4 is 0 Å². The SMILES string of the molecule is COC(=O)CC[P@@](C)(=O)OCC(C)C. The average Bonchev–Trinajstić information content (AvgIpc) is 2.11. The van der Waals surface area contributed by atoms with Crippen molar-refractivity contribution in [1.29, 1.82) is 0 Å². The van der Waals surface area contributed by atoms with E-state index in [9.17, 15) is 9.36 Å². The second-order valence-electron chi connectivity index (χ2n) is 3.75. The monoisotopic (exact) mass is 222 g/mol. The second kappa shape index (κ2) is 6.20. The molecule has 84 valence electrons. The quantitative estimate of drug-likeness (QED) is 0.510. The number of carbonyl (C=O) groups excluding carboxylic acids is 1. The maximum absolute atomic E-state index is 11.7. The summed E-state index contributed by atoms with van der Waals surface area (Å²) in [6.07, 6.45) is 0.411.